The molecule has 110 valence electrons. The van der Waals surface area contributed by atoms with Crippen LogP contribution < -0.4 is 5.32 Å². The van der Waals surface area contributed by atoms with Crippen LogP contribution in [0.4, 0.5) is 0 Å². The Balaban J connectivity index is 1.44. The molecule has 1 N–H and O–H groups in total. The van der Waals surface area contributed by atoms with Crippen molar-refractivity contribution in [2.45, 2.75) is 63.5 Å². The molecule has 0 bridgehead atoms. The molecule has 3 nitrogen and oxygen atoms in total. The predicted molar refractivity (Wildman–Crippen MR) is 78.4 cm³/mol. The Bertz CT molecular complexity index is 272. The van der Waals surface area contributed by atoms with Gasteiger partial charge in [-0.15, -0.1) is 0 Å². The van der Waals surface area contributed by atoms with Crippen molar-refractivity contribution in [2.24, 2.45) is 5.41 Å². The smallest absolute Gasteiger partial charge is 0.0826 e. The van der Waals surface area contributed by atoms with E-state index in [1.54, 1.807) is 0 Å². The summed E-state index contributed by atoms with van der Waals surface area (Å²) in [6.45, 7) is 4.03. The molecule has 0 aromatic rings. The molecular weight excluding hydrogens is 236 g/mol. The minimum absolute atomic E-state index is 0.404. The quantitative estimate of drug-likeness (QED) is 0.849. The lowest BCUT2D eigenvalue weighted by Gasteiger charge is -2.41. The van der Waals surface area contributed by atoms with E-state index in [1.165, 1.54) is 51.4 Å². The van der Waals surface area contributed by atoms with Crippen LogP contribution in [-0.2, 0) is 4.74 Å². The maximum atomic E-state index is 5.83. The summed E-state index contributed by atoms with van der Waals surface area (Å²) in [5.41, 5.74) is 0.764. The molecule has 3 fully saturated rings. The molecule has 1 spiro atoms. The van der Waals surface area contributed by atoms with Crippen molar-refractivity contribution in [1.82, 2.24) is 10.2 Å². The lowest BCUT2D eigenvalue weighted by atomic mass is 9.71. The van der Waals surface area contributed by atoms with Gasteiger partial charge in [0.2, 0.25) is 0 Å². The van der Waals surface area contributed by atoms with Crippen LogP contribution in [0.15, 0.2) is 0 Å². The third-order valence-electron chi connectivity index (χ3n) is 5.80. The lowest BCUT2D eigenvalue weighted by molar-refractivity contribution is -0.00515. The van der Waals surface area contributed by atoms with Gasteiger partial charge in [0.05, 0.1) is 12.7 Å². The predicted octanol–water partition coefficient (Wildman–Crippen LogP) is 2.41. The van der Waals surface area contributed by atoms with E-state index in [0.717, 1.165) is 37.7 Å². The van der Waals surface area contributed by atoms with E-state index in [0.29, 0.717) is 6.10 Å². The molecule has 19 heavy (non-hydrogen) atoms. The molecule has 0 radical (unpaired) electrons. The van der Waals surface area contributed by atoms with Gasteiger partial charge in [-0.3, -0.25) is 0 Å². The maximum absolute atomic E-state index is 5.83. The summed E-state index contributed by atoms with van der Waals surface area (Å²) in [4.78, 5) is 2.57. The Morgan fingerprint density at radius 1 is 1.16 bits per heavy atom. The normalized spacial score (nSPS) is 32.2. The molecule has 0 amide bonds. The first-order valence-corrected chi connectivity index (χ1v) is 8.30. The number of nitrogens with zero attached hydrogens (tertiary/aromatic N) is 1. The molecule has 2 saturated carbocycles. The summed E-state index contributed by atoms with van der Waals surface area (Å²) in [5.74, 6) is 0. The molecule has 0 aromatic carbocycles. The summed E-state index contributed by atoms with van der Waals surface area (Å²) < 4.78 is 5.83. The van der Waals surface area contributed by atoms with Crippen molar-refractivity contribution in [3.63, 3.8) is 0 Å². The van der Waals surface area contributed by atoms with Crippen molar-refractivity contribution in [3.05, 3.63) is 0 Å². The zero-order valence-electron chi connectivity index (χ0n) is 12.5. The van der Waals surface area contributed by atoms with Crippen molar-refractivity contribution >= 4 is 0 Å². The van der Waals surface area contributed by atoms with E-state index in [-0.39, 0.29) is 0 Å². The minimum atomic E-state index is 0.404. The minimum Gasteiger partial charge on any atom is -0.374 e. The summed E-state index contributed by atoms with van der Waals surface area (Å²) in [6, 6.07) is 0.803. The van der Waals surface area contributed by atoms with Gasteiger partial charge in [-0.05, 0) is 51.0 Å². The highest BCUT2D eigenvalue weighted by molar-refractivity contribution is 4.92. The molecule has 1 heterocycles. The molecule has 1 saturated heterocycles. The number of ether oxygens (including phenoxy) is 1. The molecule has 1 aliphatic heterocycles. The first-order valence-electron chi connectivity index (χ1n) is 8.30. The largest absolute Gasteiger partial charge is 0.374 e. The van der Waals surface area contributed by atoms with Crippen molar-refractivity contribution in [2.75, 3.05) is 33.3 Å². The van der Waals surface area contributed by atoms with Gasteiger partial charge in [0.25, 0.3) is 0 Å². The van der Waals surface area contributed by atoms with E-state index in [9.17, 15) is 0 Å². The number of nitrogens with one attached hydrogen (secondary N) is 1. The standard InChI is InChI=1S/C16H30N2O/c1-18(13-15-12-17-10-11-19-15)14-4-8-16(9-5-14)6-2-3-7-16/h14-15,17H,2-13H2,1H3. The highest BCUT2D eigenvalue weighted by Gasteiger charge is 2.38. The molecule has 2 aliphatic carbocycles. The highest BCUT2D eigenvalue weighted by Crippen LogP contribution is 2.49. The molecule has 3 aliphatic rings. The molecule has 3 heteroatoms. The van der Waals surface area contributed by atoms with E-state index >= 15 is 0 Å². The fourth-order valence-corrected chi connectivity index (χ4v) is 4.49. The van der Waals surface area contributed by atoms with Gasteiger partial charge in [-0.1, -0.05) is 12.8 Å². The monoisotopic (exact) mass is 266 g/mol. The molecule has 0 aromatic heterocycles. The Hall–Kier alpha value is -0.120. The van der Waals surface area contributed by atoms with Crippen LogP contribution in [0.3, 0.4) is 0 Å². The van der Waals surface area contributed by atoms with Crippen LogP contribution in [0.5, 0.6) is 0 Å². The zero-order chi connectivity index (χ0) is 13.1. The van der Waals surface area contributed by atoms with E-state index in [4.69, 9.17) is 4.74 Å². The third kappa shape index (κ3) is 3.32. The topological polar surface area (TPSA) is 24.5 Å². The molecule has 1 atom stereocenters. The van der Waals surface area contributed by atoms with Gasteiger partial charge in [-0.2, -0.15) is 0 Å². The van der Waals surface area contributed by atoms with Crippen molar-refractivity contribution in [3.8, 4) is 0 Å². The van der Waals surface area contributed by atoms with Crippen molar-refractivity contribution < 1.29 is 4.74 Å². The van der Waals surface area contributed by atoms with Crippen LogP contribution in [0.1, 0.15) is 51.4 Å². The fourth-order valence-electron chi connectivity index (χ4n) is 4.49. The van der Waals surface area contributed by atoms with Gasteiger partial charge in [0.1, 0.15) is 0 Å². The Morgan fingerprint density at radius 3 is 2.53 bits per heavy atom. The average molecular weight is 266 g/mol. The van der Waals surface area contributed by atoms with Crippen LogP contribution in [0.25, 0.3) is 0 Å². The lowest BCUT2D eigenvalue weighted by Crippen LogP contribution is -2.48. The van der Waals surface area contributed by atoms with Gasteiger partial charge >= 0.3 is 0 Å². The number of hydrogen-bond donors (Lipinski definition) is 1. The van der Waals surface area contributed by atoms with E-state index in [2.05, 4.69) is 17.3 Å². The first-order chi connectivity index (χ1) is 9.27. The average Bonchev–Trinajstić information content (AvgIpc) is 2.89. The maximum Gasteiger partial charge on any atom is 0.0826 e. The van der Waals surface area contributed by atoms with Crippen LogP contribution in [0, 0.1) is 5.41 Å². The van der Waals surface area contributed by atoms with Crippen LogP contribution in [-0.4, -0.2) is 50.3 Å². The summed E-state index contributed by atoms with van der Waals surface area (Å²) >= 11 is 0. The SMILES string of the molecule is CN(CC1CNCCO1)C1CCC2(CCCC2)CC1. The first kappa shape index (κ1) is 13.8. The Morgan fingerprint density at radius 2 is 1.89 bits per heavy atom. The number of morpholine rings is 1. The van der Waals surface area contributed by atoms with E-state index in [1.807, 2.05) is 0 Å². The summed E-state index contributed by atoms with van der Waals surface area (Å²) in [5, 5.41) is 3.43. The third-order valence-corrected chi connectivity index (χ3v) is 5.80. The second-order valence-corrected chi connectivity index (χ2v) is 7.07. The number of likely N-dealkylation sites (N-methyl/N-ethyl adjacent to an activating group) is 1. The van der Waals surface area contributed by atoms with Gasteiger partial charge < -0.3 is 15.0 Å². The zero-order valence-corrected chi connectivity index (χ0v) is 12.5. The van der Waals surface area contributed by atoms with Crippen LogP contribution >= 0.6 is 0 Å². The summed E-state index contributed by atoms with van der Waals surface area (Å²) in [7, 11) is 2.30. The highest BCUT2D eigenvalue weighted by atomic mass is 16.5. The number of rotatable bonds is 3. The van der Waals surface area contributed by atoms with E-state index < -0.39 is 0 Å². The second-order valence-electron chi connectivity index (χ2n) is 7.07. The molecule has 3 rings (SSSR count). The molecule has 1 unspecified atom stereocenters. The fraction of sp³-hybridized carbons (Fsp3) is 1.00. The van der Waals surface area contributed by atoms with Gasteiger partial charge in [-0.25, -0.2) is 0 Å². The Kier molecular flexibility index (Phi) is 4.45. The number of hydrogen-bond acceptors (Lipinski definition) is 3. The van der Waals surface area contributed by atoms with Crippen molar-refractivity contribution in [1.29, 1.82) is 0 Å². The Labute approximate surface area is 118 Å². The summed E-state index contributed by atoms with van der Waals surface area (Å²) in [6.07, 6.45) is 12.2. The van der Waals surface area contributed by atoms with Gasteiger partial charge in [0.15, 0.2) is 0 Å². The van der Waals surface area contributed by atoms with Gasteiger partial charge in [0, 0.05) is 25.7 Å². The second kappa shape index (κ2) is 6.11. The van der Waals surface area contributed by atoms with Crippen LogP contribution in [0.2, 0.25) is 0 Å². The molecular formula is C16H30N2O.